The molecule has 0 bridgehead atoms. The Balaban J connectivity index is 2.50. The smallest absolute Gasteiger partial charge is 0.345 e. The Hall–Kier alpha value is -0.520. The average molecular weight is 245 g/mol. The summed E-state index contributed by atoms with van der Waals surface area (Å²) >= 11 is 3.15. The number of nitrogens with two attached hydrogens (primary N) is 1. The lowest BCUT2D eigenvalue weighted by Crippen LogP contribution is -1.99. The molecule has 0 aliphatic carbocycles. The van der Waals surface area contributed by atoms with Crippen molar-refractivity contribution in [3.8, 4) is 0 Å². The number of carbonyl (C=O) groups is 1. The van der Waals surface area contributed by atoms with Crippen LogP contribution in [-0.2, 0) is 5.75 Å². The summed E-state index contributed by atoms with van der Waals surface area (Å²) in [6, 6.07) is 1.78. The summed E-state index contributed by atoms with van der Waals surface area (Å²) in [5.41, 5.74) is 6.53. The third-order valence-electron chi connectivity index (χ3n) is 1.98. The van der Waals surface area contributed by atoms with Crippen molar-refractivity contribution in [3.63, 3.8) is 0 Å². The first-order chi connectivity index (χ1) is 7.15. The van der Waals surface area contributed by atoms with Gasteiger partial charge in [-0.2, -0.15) is 11.8 Å². The second kappa shape index (κ2) is 6.15. The van der Waals surface area contributed by atoms with Gasteiger partial charge in [-0.3, -0.25) is 0 Å². The van der Waals surface area contributed by atoms with Gasteiger partial charge >= 0.3 is 5.97 Å². The van der Waals surface area contributed by atoms with Crippen molar-refractivity contribution >= 4 is 29.1 Å². The largest absolute Gasteiger partial charge is 0.477 e. The van der Waals surface area contributed by atoms with E-state index in [0.29, 0.717) is 4.88 Å². The highest BCUT2D eigenvalue weighted by Gasteiger charge is 2.10. The number of thioether (sulfide) groups is 1. The van der Waals surface area contributed by atoms with Crippen LogP contribution < -0.4 is 5.73 Å². The quantitative estimate of drug-likeness (QED) is 0.755. The zero-order chi connectivity index (χ0) is 11.3. The molecule has 0 spiro atoms. The summed E-state index contributed by atoms with van der Waals surface area (Å²) in [7, 11) is 0. The van der Waals surface area contributed by atoms with Gasteiger partial charge in [-0.05, 0) is 37.3 Å². The fourth-order valence-corrected chi connectivity index (χ4v) is 3.14. The Morgan fingerprint density at radius 1 is 1.67 bits per heavy atom. The van der Waals surface area contributed by atoms with E-state index in [4.69, 9.17) is 10.8 Å². The van der Waals surface area contributed by atoms with Gasteiger partial charge in [0.15, 0.2) is 0 Å². The van der Waals surface area contributed by atoms with E-state index in [2.05, 4.69) is 0 Å². The maximum absolute atomic E-state index is 10.7. The van der Waals surface area contributed by atoms with Gasteiger partial charge in [-0.1, -0.05) is 0 Å². The van der Waals surface area contributed by atoms with Gasteiger partial charge in [0, 0.05) is 10.6 Å². The van der Waals surface area contributed by atoms with Crippen LogP contribution in [0, 0.1) is 6.92 Å². The molecule has 1 heterocycles. The van der Waals surface area contributed by atoms with Crippen molar-refractivity contribution in [2.45, 2.75) is 19.1 Å². The van der Waals surface area contributed by atoms with Crippen molar-refractivity contribution in [1.82, 2.24) is 0 Å². The molecule has 1 aromatic rings. The van der Waals surface area contributed by atoms with E-state index in [1.54, 1.807) is 17.8 Å². The van der Waals surface area contributed by atoms with E-state index in [0.717, 1.165) is 34.9 Å². The number of rotatable bonds is 6. The fourth-order valence-electron chi connectivity index (χ4n) is 1.14. The Labute approximate surface area is 97.7 Å². The number of hydrogen-bond acceptors (Lipinski definition) is 4. The van der Waals surface area contributed by atoms with E-state index >= 15 is 0 Å². The molecule has 0 fully saturated rings. The molecule has 1 aromatic heterocycles. The lowest BCUT2D eigenvalue weighted by molar-refractivity contribution is 0.0702. The SMILES string of the molecule is Cc1sc(C(=O)O)cc1CSCCCN. The summed E-state index contributed by atoms with van der Waals surface area (Å²) in [6.07, 6.45) is 1.01. The predicted molar refractivity (Wildman–Crippen MR) is 65.8 cm³/mol. The van der Waals surface area contributed by atoms with Crippen LogP contribution in [0.3, 0.4) is 0 Å². The molecule has 15 heavy (non-hydrogen) atoms. The van der Waals surface area contributed by atoms with Gasteiger partial charge in [-0.25, -0.2) is 4.79 Å². The van der Waals surface area contributed by atoms with Crippen LogP contribution in [-0.4, -0.2) is 23.4 Å². The van der Waals surface area contributed by atoms with E-state index in [1.807, 2.05) is 6.92 Å². The Bertz CT molecular complexity index is 336. The lowest BCUT2D eigenvalue weighted by atomic mass is 10.3. The number of carboxylic acids is 1. The molecule has 0 radical (unpaired) electrons. The Morgan fingerprint density at radius 3 is 2.93 bits per heavy atom. The van der Waals surface area contributed by atoms with Crippen molar-refractivity contribution in [2.24, 2.45) is 5.73 Å². The highest BCUT2D eigenvalue weighted by molar-refractivity contribution is 7.98. The normalized spacial score (nSPS) is 10.5. The minimum Gasteiger partial charge on any atom is -0.477 e. The highest BCUT2D eigenvalue weighted by atomic mass is 32.2. The molecular weight excluding hydrogens is 230 g/mol. The third-order valence-corrected chi connectivity index (χ3v) is 4.15. The molecule has 3 nitrogen and oxygen atoms in total. The first-order valence-electron chi connectivity index (χ1n) is 4.75. The molecular formula is C10H15NO2S2. The van der Waals surface area contributed by atoms with Crippen LogP contribution in [0.15, 0.2) is 6.07 Å². The Morgan fingerprint density at radius 2 is 2.40 bits per heavy atom. The summed E-state index contributed by atoms with van der Waals surface area (Å²) < 4.78 is 0. The van der Waals surface area contributed by atoms with Gasteiger partial charge in [0.2, 0.25) is 0 Å². The number of thiophene rings is 1. The molecule has 0 aromatic carbocycles. The number of hydrogen-bond donors (Lipinski definition) is 2. The Kier molecular flexibility index (Phi) is 5.14. The first-order valence-corrected chi connectivity index (χ1v) is 6.72. The van der Waals surface area contributed by atoms with Crippen molar-refractivity contribution in [1.29, 1.82) is 0 Å². The summed E-state index contributed by atoms with van der Waals surface area (Å²) in [4.78, 5) is 12.3. The molecule has 3 N–H and O–H groups in total. The average Bonchev–Trinajstić information content (AvgIpc) is 2.55. The molecule has 0 aliphatic heterocycles. The molecule has 1 rings (SSSR count). The monoisotopic (exact) mass is 245 g/mol. The zero-order valence-corrected chi connectivity index (χ0v) is 10.3. The van der Waals surface area contributed by atoms with Crippen LogP contribution >= 0.6 is 23.1 Å². The van der Waals surface area contributed by atoms with Crippen LogP contribution in [0.25, 0.3) is 0 Å². The van der Waals surface area contributed by atoms with Crippen molar-refractivity contribution < 1.29 is 9.90 Å². The lowest BCUT2D eigenvalue weighted by Gasteiger charge is -1.99. The number of aryl methyl sites for hydroxylation is 1. The topological polar surface area (TPSA) is 63.3 Å². The molecule has 5 heteroatoms. The highest BCUT2D eigenvalue weighted by Crippen LogP contribution is 2.25. The van der Waals surface area contributed by atoms with Gasteiger partial charge < -0.3 is 10.8 Å². The van der Waals surface area contributed by atoms with Gasteiger partial charge in [-0.15, -0.1) is 11.3 Å². The maximum Gasteiger partial charge on any atom is 0.345 e. The van der Waals surface area contributed by atoms with Gasteiger partial charge in [0.05, 0.1) is 0 Å². The minimum atomic E-state index is -0.832. The molecule has 0 atom stereocenters. The summed E-state index contributed by atoms with van der Waals surface area (Å²) in [5.74, 6) is 1.09. The van der Waals surface area contributed by atoms with E-state index in [1.165, 1.54) is 11.3 Å². The van der Waals surface area contributed by atoms with E-state index < -0.39 is 5.97 Å². The number of aromatic carboxylic acids is 1. The molecule has 0 saturated heterocycles. The maximum atomic E-state index is 10.7. The molecule has 0 saturated carbocycles. The molecule has 0 amide bonds. The van der Waals surface area contributed by atoms with Crippen LogP contribution in [0.2, 0.25) is 0 Å². The van der Waals surface area contributed by atoms with Crippen molar-refractivity contribution in [2.75, 3.05) is 12.3 Å². The second-order valence-corrected chi connectivity index (χ2v) is 5.55. The second-order valence-electron chi connectivity index (χ2n) is 3.19. The van der Waals surface area contributed by atoms with Gasteiger partial charge in [0.25, 0.3) is 0 Å². The molecule has 84 valence electrons. The predicted octanol–water partition coefficient (Wildman–Crippen LogP) is 2.34. The number of carboxylic acid groups (broad SMARTS) is 1. The van der Waals surface area contributed by atoms with Gasteiger partial charge in [0.1, 0.15) is 4.88 Å². The summed E-state index contributed by atoms with van der Waals surface area (Å²) in [6.45, 7) is 2.69. The summed E-state index contributed by atoms with van der Waals surface area (Å²) in [5, 5.41) is 8.82. The first kappa shape index (κ1) is 12.5. The van der Waals surface area contributed by atoms with Crippen molar-refractivity contribution in [3.05, 3.63) is 21.4 Å². The molecule has 0 aliphatic rings. The fraction of sp³-hybridized carbons (Fsp3) is 0.500. The van der Waals surface area contributed by atoms with Crippen LogP contribution in [0.5, 0.6) is 0 Å². The molecule has 0 unspecified atom stereocenters. The van der Waals surface area contributed by atoms with Crippen LogP contribution in [0.1, 0.15) is 26.5 Å². The zero-order valence-electron chi connectivity index (χ0n) is 8.66. The van der Waals surface area contributed by atoms with E-state index in [9.17, 15) is 4.79 Å². The standard InChI is InChI=1S/C10H15NO2S2/c1-7-8(6-14-4-2-3-11)5-9(15-7)10(12)13/h5H,2-4,6,11H2,1H3,(H,12,13). The minimum absolute atomic E-state index is 0.432. The van der Waals surface area contributed by atoms with Crippen LogP contribution in [0.4, 0.5) is 0 Å². The third kappa shape index (κ3) is 3.85. The van der Waals surface area contributed by atoms with E-state index in [-0.39, 0.29) is 0 Å².